The number of amides is 1. The molecule has 0 N–H and O–H groups in total. The smallest absolute Gasteiger partial charge is 0.334 e. The van der Waals surface area contributed by atoms with Gasteiger partial charge in [-0.3, -0.25) is 18.9 Å². The summed E-state index contributed by atoms with van der Waals surface area (Å²) in [5.74, 6) is 0.0733. The summed E-state index contributed by atoms with van der Waals surface area (Å²) in [6.07, 6.45) is 6.20. The minimum absolute atomic E-state index is 0.0170. The third kappa shape index (κ3) is 4.13. The Labute approximate surface area is 206 Å². The van der Waals surface area contributed by atoms with Crippen LogP contribution in [0, 0.1) is 5.82 Å². The van der Waals surface area contributed by atoms with Crippen molar-refractivity contribution >= 4 is 16.9 Å². The van der Waals surface area contributed by atoms with Crippen LogP contribution < -0.4 is 15.2 Å². The van der Waals surface area contributed by atoms with Gasteiger partial charge < -0.3 is 14.4 Å². The van der Waals surface area contributed by atoms with Crippen molar-refractivity contribution < 1.29 is 18.7 Å². The van der Waals surface area contributed by atoms with Crippen molar-refractivity contribution in [3.05, 3.63) is 89.9 Å². The first kappa shape index (κ1) is 23.3. The van der Waals surface area contributed by atoms with Crippen LogP contribution in [-0.4, -0.2) is 45.1 Å². The Kier molecular flexibility index (Phi) is 6.28. The second kappa shape index (κ2) is 9.69. The number of hydrogen-bond donors (Lipinski definition) is 0. The first-order valence-electron chi connectivity index (χ1n) is 11.6. The highest BCUT2D eigenvalue weighted by Gasteiger charge is 2.27. The van der Waals surface area contributed by atoms with Crippen LogP contribution in [0.25, 0.3) is 16.7 Å². The molecular formula is C27H25FN4O4. The molecule has 3 heterocycles. The summed E-state index contributed by atoms with van der Waals surface area (Å²) >= 11 is 0. The van der Waals surface area contributed by atoms with Crippen molar-refractivity contribution in [2.75, 3.05) is 20.2 Å². The van der Waals surface area contributed by atoms with Crippen LogP contribution in [-0.2, 0) is 4.79 Å². The number of benzene rings is 2. The lowest BCUT2D eigenvalue weighted by Gasteiger charge is -2.32. The molecule has 8 nitrogen and oxygen atoms in total. The van der Waals surface area contributed by atoms with E-state index in [-0.39, 0.29) is 29.1 Å². The molecule has 5 rings (SSSR count). The van der Waals surface area contributed by atoms with Crippen molar-refractivity contribution in [2.24, 2.45) is 0 Å². The lowest BCUT2D eigenvalue weighted by molar-refractivity contribution is -0.127. The lowest BCUT2D eigenvalue weighted by Crippen LogP contribution is -2.42. The molecule has 1 fully saturated rings. The zero-order valence-electron chi connectivity index (χ0n) is 19.8. The van der Waals surface area contributed by atoms with Crippen molar-refractivity contribution in [3.8, 4) is 22.9 Å². The van der Waals surface area contributed by atoms with Crippen molar-refractivity contribution in [1.29, 1.82) is 0 Å². The number of pyridine rings is 1. The van der Waals surface area contributed by atoms with Gasteiger partial charge in [0.05, 0.1) is 36.1 Å². The third-order valence-corrected chi connectivity index (χ3v) is 6.38. The van der Waals surface area contributed by atoms with E-state index in [9.17, 15) is 14.0 Å². The van der Waals surface area contributed by atoms with Crippen LogP contribution in [0.2, 0.25) is 0 Å². The number of para-hydroxylation sites is 1. The molecule has 1 atom stereocenters. The Hall–Kier alpha value is -4.40. The molecule has 9 heteroatoms. The predicted octanol–water partition coefficient (Wildman–Crippen LogP) is 4.48. The topological polar surface area (TPSA) is 78.6 Å². The molecule has 1 amide bonds. The van der Waals surface area contributed by atoms with Crippen LogP contribution in [0.3, 0.4) is 0 Å². The quantitative estimate of drug-likeness (QED) is 0.374. The summed E-state index contributed by atoms with van der Waals surface area (Å²) in [5.41, 5.74) is 1.83. The minimum Gasteiger partial charge on any atom is -0.490 e. The van der Waals surface area contributed by atoms with E-state index >= 15 is 0 Å². The van der Waals surface area contributed by atoms with E-state index < -0.39 is 5.82 Å². The average Bonchev–Trinajstić information content (AvgIpc) is 3.20. The predicted molar refractivity (Wildman–Crippen MR) is 133 cm³/mol. The molecule has 0 aliphatic carbocycles. The van der Waals surface area contributed by atoms with E-state index in [1.807, 2.05) is 6.07 Å². The Morgan fingerprint density at radius 3 is 2.72 bits per heavy atom. The van der Waals surface area contributed by atoms with Crippen LogP contribution in [0.15, 0.2) is 78.4 Å². The Bertz CT molecular complexity index is 1490. The monoisotopic (exact) mass is 488 g/mol. The molecule has 2 aromatic carbocycles. The standard InChI is InChI=1S/C27H25FN4O4/c1-3-25(33)30-15-5-6-19(17-30)32-22-13-14-29-16-23(22)31(27(32)34)18-9-11-20(12-10-18)36-24-8-4-7-21(28)26(24)35-2/h3-4,7-14,16,19H,1,5-6,15,17H2,2H3/t19-/m1/s1. The van der Waals surface area contributed by atoms with Crippen molar-refractivity contribution in [2.45, 2.75) is 18.9 Å². The molecule has 0 spiro atoms. The minimum atomic E-state index is -0.519. The van der Waals surface area contributed by atoms with Crippen LogP contribution in [0.5, 0.6) is 17.2 Å². The van der Waals surface area contributed by atoms with E-state index in [1.165, 1.54) is 25.3 Å². The van der Waals surface area contributed by atoms with Gasteiger partial charge >= 0.3 is 5.69 Å². The molecular weight excluding hydrogens is 463 g/mol. The summed E-state index contributed by atoms with van der Waals surface area (Å²) in [6.45, 7) is 4.67. The number of nitrogens with zero attached hydrogens (tertiary/aromatic N) is 4. The Morgan fingerprint density at radius 1 is 1.17 bits per heavy atom. The number of halogens is 1. The van der Waals surface area contributed by atoms with Gasteiger partial charge in [-0.25, -0.2) is 9.18 Å². The van der Waals surface area contributed by atoms with E-state index in [1.54, 1.807) is 56.8 Å². The fourth-order valence-corrected chi connectivity index (χ4v) is 4.72. The van der Waals surface area contributed by atoms with E-state index in [4.69, 9.17) is 9.47 Å². The Balaban J connectivity index is 1.51. The highest BCUT2D eigenvalue weighted by molar-refractivity contribution is 5.87. The number of fused-ring (bicyclic) bond motifs is 1. The fourth-order valence-electron chi connectivity index (χ4n) is 4.72. The number of piperidine rings is 1. The number of carbonyl (C=O) groups is 1. The molecule has 184 valence electrons. The van der Waals surface area contributed by atoms with Gasteiger partial charge in [0, 0.05) is 19.3 Å². The lowest BCUT2D eigenvalue weighted by atomic mass is 10.1. The van der Waals surface area contributed by atoms with Crippen LogP contribution in [0.4, 0.5) is 4.39 Å². The van der Waals surface area contributed by atoms with Crippen LogP contribution >= 0.6 is 0 Å². The number of methoxy groups -OCH3 is 1. The maximum Gasteiger partial charge on any atom is 0.334 e. The summed E-state index contributed by atoms with van der Waals surface area (Å²) < 4.78 is 28.3. The third-order valence-electron chi connectivity index (χ3n) is 6.38. The maximum absolute atomic E-state index is 14.0. The fraction of sp³-hybridized carbons (Fsp3) is 0.222. The molecule has 36 heavy (non-hydrogen) atoms. The van der Waals surface area contributed by atoms with Gasteiger partial charge in [-0.15, -0.1) is 0 Å². The molecule has 0 bridgehead atoms. The van der Waals surface area contributed by atoms with Gasteiger partial charge in [-0.2, -0.15) is 0 Å². The number of rotatable bonds is 6. The number of carbonyl (C=O) groups excluding carboxylic acids is 1. The number of imidazole rings is 1. The zero-order valence-corrected chi connectivity index (χ0v) is 19.8. The molecule has 0 saturated carbocycles. The van der Waals surface area contributed by atoms with Gasteiger partial charge in [0.15, 0.2) is 17.3 Å². The molecule has 1 aliphatic heterocycles. The summed E-state index contributed by atoms with van der Waals surface area (Å²) in [5, 5.41) is 0. The van der Waals surface area contributed by atoms with E-state index in [0.717, 1.165) is 18.4 Å². The van der Waals surface area contributed by atoms with Gasteiger partial charge in [-0.05, 0) is 61.4 Å². The maximum atomic E-state index is 14.0. The van der Waals surface area contributed by atoms with Gasteiger partial charge in [-0.1, -0.05) is 12.6 Å². The highest BCUT2D eigenvalue weighted by atomic mass is 19.1. The summed E-state index contributed by atoms with van der Waals surface area (Å²) in [7, 11) is 1.38. The van der Waals surface area contributed by atoms with Crippen LogP contribution in [0.1, 0.15) is 18.9 Å². The summed E-state index contributed by atoms with van der Waals surface area (Å²) in [6, 6.07) is 13.0. The van der Waals surface area contributed by atoms with Gasteiger partial charge in [0.25, 0.3) is 0 Å². The van der Waals surface area contributed by atoms with E-state index in [0.29, 0.717) is 30.0 Å². The number of ether oxygens (including phenoxy) is 2. The van der Waals surface area contributed by atoms with Crippen molar-refractivity contribution in [1.82, 2.24) is 19.0 Å². The number of hydrogen-bond acceptors (Lipinski definition) is 5. The molecule has 0 radical (unpaired) electrons. The molecule has 1 aliphatic rings. The second-order valence-corrected chi connectivity index (χ2v) is 8.50. The summed E-state index contributed by atoms with van der Waals surface area (Å²) in [4.78, 5) is 31.9. The van der Waals surface area contributed by atoms with Crippen molar-refractivity contribution in [3.63, 3.8) is 0 Å². The number of likely N-dealkylation sites (tertiary alicyclic amines) is 1. The SMILES string of the molecule is C=CC(=O)N1CCC[C@@H](n2c(=O)n(-c3ccc(Oc4cccc(F)c4OC)cc3)c3cnccc32)C1. The molecule has 1 saturated heterocycles. The first-order valence-corrected chi connectivity index (χ1v) is 11.6. The largest absolute Gasteiger partial charge is 0.490 e. The Morgan fingerprint density at radius 2 is 1.97 bits per heavy atom. The second-order valence-electron chi connectivity index (χ2n) is 8.50. The number of aromatic nitrogens is 3. The first-order chi connectivity index (χ1) is 17.5. The molecule has 2 aromatic heterocycles. The van der Waals surface area contributed by atoms with Gasteiger partial charge in [0.2, 0.25) is 5.91 Å². The zero-order chi connectivity index (χ0) is 25.2. The normalized spacial score (nSPS) is 15.6. The van der Waals surface area contributed by atoms with E-state index in [2.05, 4.69) is 11.6 Å². The molecule has 0 unspecified atom stereocenters. The van der Waals surface area contributed by atoms with Gasteiger partial charge in [0.1, 0.15) is 5.75 Å². The average molecular weight is 489 g/mol. The highest BCUT2D eigenvalue weighted by Crippen LogP contribution is 2.34. The molecule has 4 aromatic rings.